The Morgan fingerprint density at radius 3 is 2.15 bits per heavy atom. The minimum absolute atomic E-state index is 0.0291. The number of nitrogens with zero attached hydrogens (tertiary/aromatic N) is 2. The van der Waals surface area contributed by atoms with Crippen molar-refractivity contribution in [3.63, 3.8) is 0 Å². The molecule has 2 amide bonds. The van der Waals surface area contributed by atoms with E-state index in [4.69, 9.17) is 23.2 Å². The largest absolute Gasteiger partial charge is 0.354 e. The van der Waals surface area contributed by atoms with Crippen molar-refractivity contribution in [1.82, 2.24) is 10.2 Å². The minimum atomic E-state index is -4.15. The molecule has 10 heteroatoms. The third-order valence-electron chi connectivity index (χ3n) is 6.17. The van der Waals surface area contributed by atoms with Crippen LogP contribution in [-0.2, 0) is 26.2 Å². The predicted molar refractivity (Wildman–Crippen MR) is 156 cm³/mol. The number of carbonyl (C=O) groups excluding carboxylic acids is 2. The molecule has 0 aliphatic rings. The molecule has 0 aromatic heterocycles. The zero-order valence-corrected chi connectivity index (χ0v) is 24.7. The average Bonchev–Trinajstić information content (AvgIpc) is 2.91. The number of amides is 2. The van der Waals surface area contributed by atoms with Crippen molar-refractivity contribution < 1.29 is 18.0 Å². The molecule has 0 aliphatic heterocycles. The Morgan fingerprint density at radius 1 is 0.923 bits per heavy atom. The fourth-order valence-electron chi connectivity index (χ4n) is 3.81. The molecule has 0 bridgehead atoms. The van der Waals surface area contributed by atoms with Gasteiger partial charge in [0, 0.05) is 23.1 Å². The van der Waals surface area contributed by atoms with Crippen LogP contribution in [0.4, 0.5) is 5.69 Å². The monoisotopic (exact) mass is 589 g/mol. The van der Waals surface area contributed by atoms with Gasteiger partial charge in [-0.3, -0.25) is 13.9 Å². The molecule has 0 saturated carbocycles. The number of hydrogen-bond donors (Lipinski definition) is 1. The summed E-state index contributed by atoms with van der Waals surface area (Å²) in [7, 11) is -4.15. The minimum Gasteiger partial charge on any atom is -0.354 e. The Balaban J connectivity index is 2.02. The van der Waals surface area contributed by atoms with E-state index in [2.05, 4.69) is 5.32 Å². The molecule has 0 radical (unpaired) electrons. The van der Waals surface area contributed by atoms with Crippen molar-refractivity contribution in [1.29, 1.82) is 0 Å². The van der Waals surface area contributed by atoms with E-state index < -0.39 is 28.5 Å². The molecule has 1 atom stereocenters. The van der Waals surface area contributed by atoms with Gasteiger partial charge in [0.2, 0.25) is 11.8 Å². The van der Waals surface area contributed by atoms with Gasteiger partial charge >= 0.3 is 0 Å². The molecular weight excluding hydrogens is 557 g/mol. The third-order valence-corrected chi connectivity index (χ3v) is 8.62. The van der Waals surface area contributed by atoms with E-state index in [9.17, 15) is 18.0 Å². The van der Waals surface area contributed by atoms with Crippen molar-refractivity contribution in [2.75, 3.05) is 17.4 Å². The van der Waals surface area contributed by atoms with E-state index in [1.54, 1.807) is 68.4 Å². The topological polar surface area (TPSA) is 86.8 Å². The molecule has 7 nitrogen and oxygen atoms in total. The van der Waals surface area contributed by atoms with Crippen LogP contribution >= 0.6 is 23.2 Å². The van der Waals surface area contributed by atoms with Gasteiger partial charge in [-0.1, -0.05) is 73.4 Å². The molecule has 3 aromatic rings. The zero-order valence-electron chi connectivity index (χ0n) is 22.4. The molecule has 39 heavy (non-hydrogen) atoms. The number of rotatable bonds is 11. The standard InChI is InChI=1S/C29H33Cl2N3O4S/c1-20(2)17-32-29(36)22(4)33(18-23-11-13-24(30)14-12-23)28(35)19-34(25-15-10-21(3)27(31)16-25)39(37,38)26-8-6-5-7-9-26/h5-16,20,22H,17-19H2,1-4H3,(H,32,36). The molecule has 1 N–H and O–H groups in total. The van der Waals surface area contributed by atoms with Gasteiger partial charge in [0.15, 0.2) is 0 Å². The summed E-state index contributed by atoms with van der Waals surface area (Å²) in [5.74, 6) is -0.658. The van der Waals surface area contributed by atoms with Crippen molar-refractivity contribution in [2.24, 2.45) is 5.92 Å². The van der Waals surface area contributed by atoms with Gasteiger partial charge in [-0.05, 0) is 67.3 Å². The maximum Gasteiger partial charge on any atom is 0.264 e. The number of carbonyl (C=O) groups is 2. The third kappa shape index (κ3) is 7.97. The number of hydrogen-bond acceptors (Lipinski definition) is 4. The van der Waals surface area contributed by atoms with Crippen LogP contribution in [0.25, 0.3) is 0 Å². The average molecular weight is 591 g/mol. The van der Waals surface area contributed by atoms with E-state index in [0.717, 1.165) is 15.4 Å². The second-order valence-electron chi connectivity index (χ2n) is 9.72. The van der Waals surface area contributed by atoms with E-state index in [1.807, 2.05) is 13.8 Å². The van der Waals surface area contributed by atoms with Gasteiger partial charge in [-0.25, -0.2) is 8.42 Å². The number of nitrogens with one attached hydrogen (secondary N) is 1. The first-order chi connectivity index (χ1) is 18.4. The quantitative estimate of drug-likeness (QED) is 0.311. The van der Waals surface area contributed by atoms with E-state index in [0.29, 0.717) is 16.6 Å². The van der Waals surface area contributed by atoms with Crippen LogP contribution in [0, 0.1) is 12.8 Å². The Labute approximate surface area is 240 Å². The second-order valence-corrected chi connectivity index (χ2v) is 12.4. The van der Waals surface area contributed by atoms with Gasteiger partial charge in [0.1, 0.15) is 12.6 Å². The lowest BCUT2D eigenvalue weighted by atomic mass is 10.1. The van der Waals surface area contributed by atoms with Crippen LogP contribution < -0.4 is 9.62 Å². The smallest absolute Gasteiger partial charge is 0.264 e. The summed E-state index contributed by atoms with van der Waals surface area (Å²) in [4.78, 5) is 28.3. The lowest BCUT2D eigenvalue weighted by Gasteiger charge is -2.32. The van der Waals surface area contributed by atoms with Crippen LogP contribution in [0.15, 0.2) is 77.7 Å². The highest BCUT2D eigenvalue weighted by atomic mass is 35.5. The Kier molecular flexibility index (Phi) is 10.4. The SMILES string of the molecule is Cc1ccc(N(CC(=O)N(Cc2ccc(Cl)cc2)C(C)C(=O)NCC(C)C)S(=O)(=O)c2ccccc2)cc1Cl. The van der Waals surface area contributed by atoms with E-state index in [1.165, 1.54) is 23.1 Å². The number of anilines is 1. The maximum atomic E-state index is 13.9. The van der Waals surface area contributed by atoms with Gasteiger partial charge < -0.3 is 10.2 Å². The summed E-state index contributed by atoms with van der Waals surface area (Å²) in [5.41, 5.74) is 1.75. The second kappa shape index (κ2) is 13.3. The zero-order chi connectivity index (χ0) is 28.7. The van der Waals surface area contributed by atoms with Gasteiger partial charge in [-0.15, -0.1) is 0 Å². The van der Waals surface area contributed by atoms with Gasteiger partial charge in [-0.2, -0.15) is 0 Å². The number of sulfonamides is 1. The Morgan fingerprint density at radius 2 is 1.56 bits per heavy atom. The van der Waals surface area contributed by atoms with E-state index >= 15 is 0 Å². The highest BCUT2D eigenvalue weighted by Gasteiger charge is 2.32. The molecule has 208 valence electrons. The van der Waals surface area contributed by atoms with Crippen LogP contribution in [0.1, 0.15) is 31.9 Å². The molecule has 1 unspecified atom stereocenters. The number of benzene rings is 3. The molecule has 3 rings (SSSR count). The normalized spacial score (nSPS) is 12.2. The van der Waals surface area contributed by atoms with Crippen molar-refractivity contribution >= 4 is 50.7 Å². The first-order valence-corrected chi connectivity index (χ1v) is 14.7. The molecule has 0 fully saturated rings. The van der Waals surface area contributed by atoms with Gasteiger partial charge in [0.05, 0.1) is 10.6 Å². The fourth-order valence-corrected chi connectivity index (χ4v) is 5.53. The first-order valence-electron chi connectivity index (χ1n) is 12.6. The van der Waals surface area contributed by atoms with Gasteiger partial charge in [0.25, 0.3) is 10.0 Å². The summed E-state index contributed by atoms with van der Waals surface area (Å²) < 4.78 is 28.6. The summed E-state index contributed by atoms with van der Waals surface area (Å²) in [6, 6.07) is 18.8. The molecule has 0 aliphatic carbocycles. The molecule has 3 aromatic carbocycles. The molecular formula is C29H33Cl2N3O4S. The molecule has 0 saturated heterocycles. The summed E-state index contributed by atoms with van der Waals surface area (Å²) >= 11 is 12.4. The number of halogens is 2. The molecule has 0 spiro atoms. The fraction of sp³-hybridized carbons (Fsp3) is 0.310. The van der Waals surface area contributed by atoms with Crippen molar-refractivity contribution in [3.8, 4) is 0 Å². The maximum absolute atomic E-state index is 13.9. The summed E-state index contributed by atoms with van der Waals surface area (Å²) in [6.07, 6.45) is 0. The van der Waals surface area contributed by atoms with Crippen LogP contribution in [0.5, 0.6) is 0 Å². The molecule has 0 heterocycles. The lowest BCUT2D eigenvalue weighted by molar-refractivity contribution is -0.139. The summed E-state index contributed by atoms with van der Waals surface area (Å²) in [6.45, 7) is 7.37. The van der Waals surface area contributed by atoms with Crippen LogP contribution in [-0.4, -0.2) is 44.3 Å². The first kappa shape index (κ1) is 30.5. The number of aryl methyl sites for hydroxylation is 1. The highest BCUT2D eigenvalue weighted by molar-refractivity contribution is 7.92. The summed E-state index contributed by atoms with van der Waals surface area (Å²) in [5, 5.41) is 3.77. The Hall–Kier alpha value is -3.07. The predicted octanol–water partition coefficient (Wildman–Crippen LogP) is 5.69. The van der Waals surface area contributed by atoms with Crippen LogP contribution in [0.2, 0.25) is 10.0 Å². The van der Waals surface area contributed by atoms with Crippen molar-refractivity contribution in [2.45, 2.75) is 45.2 Å². The van der Waals surface area contributed by atoms with Crippen LogP contribution in [0.3, 0.4) is 0 Å². The highest BCUT2D eigenvalue weighted by Crippen LogP contribution is 2.28. The Bertz CT molecular complexity index is 1400. The van der Waals surface area contributed by atoms with E-state index in [-0.39, 0.29) is 29.0 Å². The lowest BCUT2D eigenvalue weighted by Crippen LogP contribution is -2.51. The van der Waals surface area contributed by atoms with Crippen molar-refractivity contribution in [3.05, 3.63) is 94.0 Å².